The number of hydrogen-bond donors (Lipinski definition) is 0. The lowest BCUT2D eigenvalue weighted by Gasteiger charge is -2.28. The Morgan fingerprint density at radius 3 is 2.83 bits per heavy atom. The normalized spacial score (nSPS) is 21.0. The Kier molecular flexibility index (Phi) is 4.90. The molecular weight excluding hydrogens is 300 g/mol. The molecule has 2 aromatic heterocycles. The molecule has 0 unspecified atom stereocenters. The van der Waals surface area contributed by atoms with Gasteiger partial charge in [-0.3, -0.25) is 19.7 Å². The van der Waals surface area contributed by atoms with Crippen LogP contribution in [0.2, 0.25) is 0 Å². The molecule has 5 heteroatoms. The summed E-state index contributed by atoms with van der Waals surface area (Å²) in [6.07, 6.45) is 6.48. The average Bonchev–Trinajstić information content (AvgIpc) is 2.96. The summed E-state index contributed by atoms with van der Waals surface area (Å²) in [6.45, 7) is 3.69. The maximum Gasteiger partial charge on any atom is 0.255 e. The maximum atomic E-state index is 12.6. The molecule has 2 aromatic rings. The van der Waals surface area contributed by atoms with Crippen LogP contribution in [0, 0.1) is 12.8 Å². The molecule has 2 atom stereocenters. The number of pyridine rings is 2. The van der Waals surface area contributed by atoms with Crippen LogP contribution in [0.3, 0.4) is 0 Å². The Labute approximate surface area is 143 Å². The van der Waals surface area contributed by atoms with Gasteiger partial charge in [0.1, 0.15) is 0 Å². The zero-order valence-corrected chi connectivity index (χ0v) is 14.5. The van der Waals surface area contributed by atoms with Crippen LogP contribution in [-0.4, -0.2) is 52.9 Å². The van der Waals surface area contributed by atoms with Crippen LogP contribution in [0.15, 0.2) is 42.9 Å². The number of aryl methyl sites for hydroxylation is 1. The lowest BCUT2D eigenvalue weighted by Crippen LogP contribution is -2.34. The highest BCUT2D eigenvalue weighted by Crippen LogP contribution is 2.36. The molecule has 0 radical (unpaired) electrons. The maximum absolute atomic E-state index is 12.6. The second kappa shape index (κ2) is 7.09. The van der Waals surface area contributed by atoms with Crippen molar-refractivity contribution in [3.8, 4) is 0 Å². The third-order valence-corrected chi connectivity index (χ3v) is 4.81. The first-order valence-corrected chi connectivity index (χ1v) is 8.34. The van der Waals surface area contributed by atoms with Gasteiger partial charge in [0.15, 0.2) is 0 Å². The van der Waals surface area contributed by atoms with Crippen LogP contribution in [0.5, 0.6) is 0 Å². The highest BCUT2D eigenvalue weighted by Gasteiger charge is 2.34. The van der Waals surface area contributed by atoms with E-state index in [1.54, 1.807) is 12.4 Å². The van der Waals surface area contributed by atoms with E-state index >= 15 is 0 Å². The van der Waals surface area contributed by atoms with Gasteiger partial charge >= 0.3 is 0 Å². The molecule has 1 aliphatic heterocycles. The van der Waals surface area contributed by atoms with Gasteiger partial charge in [-0.1, -0.05) is 6.07 Å². The summed E-state index contributed by atoms with van der Waals surface area (Å²) in [5.74, 6) is 0.438. The van der Waals surface area contributed by atoms with Gasteiger partial charge in [-0.05, 0) is 56.6 Å². The van der Waals surface area contributed by atoms with Gasteiger partial charge in [0.2, 0.25) is 0 Å². The fourth-order valence-corrected chi connectivity index (χ4v) is 3.54. The fourth-order valence-electron chi connectivity index (χ4n) is 3.54. The number of amides is 1. The highest BCUT2D eigenvalue weighted by molar-refractivity contribution is 5.93. The SMILES string of the molecule is Cc1ccc(C(=O)N(C)C[C@@H]2CCN(C)[C@H]2c2cccnc2)cn1. The van der Waals surface area contributed by atoms with Gasteiger partial charge in [0.05, 0.1) is 5.56 Å². The van der Waals surface area contributed by atoms with Crippen molar-refractivity contribution in [2.45, 2.75) is 19.4 Å². The first kappa shape index (κ1) is 16.6. The molecule has 0 aliphatic carbocycles. The predicted molar refractivity (Wildman–Crippen MR) is 93.6 cm³/mol. The minimum atomic E-state index is 0.0296. The van der Waals surface area contributed by atoms with Gasteiger partial charge in [-0.2, -0.15) is 0 Å². The third-order valence-electron chi connectivity index (χ3n) is 4.81. The topological polar surface area (TPSA) is 49.3 Å². The van der Waals surface area contributed by atoms with E-state index in [1.165, 1.54) is 5.56 Å². The summed E-state index contributed by atoms with van der Waals surface area (Å²) < 4.78 is 0. The van der Waals surface area contributed by atoms with E-state index in [0.717, 1.165) is 25.2 Å². The van der Waals surface area contributed by atoms with E-state index in [4.69, 9.17) is 0 Å². The molecule has 0 saturated carbocycles. The Balaban J connectivity index is 1.72. The minimum absolute atomic E-state index is 0.0296. The van der Waals surface area contributed by atoms with E-state index in [2.05, 4.69) is 28.0 Å². The summed E-state index contributed by atoms with van der Waals surface area (Å²) in [7, 11) is 4.02. The van der Waals surface area contributed by atoms with E-state index < -0.39 is 0 Å². The summed E-state index contributed by atoms with van der Waals surface area (Å²) in [6, 6.07) is 8.14. The van der Waals surface area contributed by atoms with E-state index in [1.807, 2.05) is 43.3 Å². The molecule has 0 spiro atoms. The van der Waals surface area contributed by atoms with Crippen LogP contribution in [0.1, 0.15) is 34.1 Å². The summed E-state index contributed by atoms with van der Waals surface area (Å²) in [5.41, 5.74) is 2.79. The lowest BCUT2D eigenvalue weighted by atomic mass is 9.94. The molecule has 1 aliphatic rings. The van der Waals surface area contributed by atoms with E-state index in [0.29, 0.717) is 17.5 Å². The Morgan fingerprint density at radius 2 is 2.17 bits per heavy atom. The van der Waals surface area contributed by atoms with Gasteiger partial charge in [0, 0.05) is 43.9 Å². The average molecular weight is 324 g/mol. The molecule has 0 N–H and O–H groups in total. The number of hydrogen-bond acceptors (Lipinski definition) is 4. The van der Waals surface area contributed by atoms with Gasteiger partial charge in [0.25, 0.3) is 5.91 Å². The number of carbonyl (C=O) groups excluding carboxylic acids is 1. The highest BCUT2D eigenvalue weighted by atomic mass is 16.2. The number of nitrogens with zero attached hydrogens (tertiary/aromatic N) is 4. The van der Waals surface area contributed by atoms with Crippen molar-refractivity contribution in [3.63, 3.8) is 0 Å². The minimum Gasteiger partial charge on any atom is -0.341 e. The van der Waals surface area contributed by atoms with Gasteiger partial charge < -0.3 is 4.90 Å². The number of likely N-dealkylation sites (tertiary alicyclic amines) is 1. The summed E-state index contributed by atoms with van der Waals surface area (Å²) in [4.78, 5) is 25.3. The van der Waals surface area contributed by atoms with E-state index in [-0.39, 0.29) is 5.91 Å². The van der Waals surface area contributed by atoms with Gasteiger partial charge in [-0.15, -0.1) is 0 Å². The first-order chi connectivity index (χ1) is 11.6. The van der Waals surface area contributed by atoms with Crippen molar-refractivity contribution in [1.82, 2.24) is 19.8 Å². The largest absolute Gasteiger partial charge is 0.341 e. The summed E-state index contributed by atoms with van der Waals surface area (Å²) >= 11 is 0. The smallest absolute Gasteiger partial charge is 0.255 e. The summed E-state index contributed by atoms with van der Waals surface area (Å²) in [5, 5.41) is 0. The molecule has 1 amide bonds. The number of aromatic nitrogens is 2. The predicted octanol–water partition coefficient (Wildman–Crippen LogP) is 2.55. The molecule has 3 rings (SSSR count). The molecule has 1 fully saturated rings. The monoisotopic (exact) mass is 324 g/mol. The number of rotatable bonds is 4. The Morgan fingerprint density at radius 1 is 1.33 bits per heavy atom. The molecular formula is C19H24N4O. The third kappa shape index (κ3) is 3.46. The lowest BCUT2D eigenvalue weighted by molar-refractivity contribution is 0.0760. The zero-order valence-electron chi connectivity index (χ0n) is 14.5. The van der Waals surface area contributed by atoms with Crippen LogP contribution in [0.25, 0.3) is 0 Å². The fraction of sp³-hybridized carbons (Fsp3) is 0.421. The standard InChI is InChI=1S/C19H24N4O/c1-14-6-7-16(12-21-14)19(24)23(3)13-17-8-10-22(2)18(17)15-5-4-9-20-11-15/h4-7,9,11-12,17-18H,8,10,13H2,1-3H3/t17-,18-/m0/s1. The first-order valence-electron chi connectivity index (χ1n) is 8.34. The second-order valence-electron chi connectivity index (χ2n) is 6.63. The second-order valence-corrected chi connectivity index (χ2v) is 6.63. The van der Waals surface area contributed by atoms with Crippen LogP contribution < -0.4 is 0 Å². The Bertz CT molecular complexity index is 686. The van der Waals surface area contributed by atoms with Crippen molar-refractivity contribution in [2.24, 2.45) is 5.92 Å². The van der Waals surface area contributed by atoms with Crippen molar-refractivity contribution in [2.75, 3.05) is 27.2 Å². The van der Waals surface area contributed by atoms with Crippen LogP contribution >= 0.6 is 0 Å². The number of carbonyl (C=O) groups is 1. The molecule has 5 nitrogen and oxygen atoms in total. The van der Waals surface area contributed by atoms with Crippen LogP contribution in [-0.2, 0) is 0 Å². The van der Waals surface area contributed by atoms with Crippen LogP contribution in [0.4, 0.5) is 0 Å². The van der Waals surface area contributed by atoms with Crippen molar-refractivity contribution < 1.29 is 4.79 Å². The molecule has 126 valence electrons. The van der Waals surface area contributed by atoms with E-state index in [9.17, 15) is 4.79 Å². The molecule has 0 aromatic carbocycles. The zero-order chi connectivity index (χ0) is 17.1. The van der Waals surface area contributed by atoms with Crippen molar-refractivity contribution in [3.05, 3.63) is 59.7 Å². The molecule has 1 saturated heterocycles. The quantitative estimate of drug-likeness (QED) is 0.867. The molecule has 0 bridgehead atoms. The van der Waals surface area contributed by atoms with Gasteiger partial charge in [-0.25, -0.2) is 0 Å². The Hall–Kier alpha value is -2.27. The van der Waals surface area contributed by atoms with Crippen molar-refractivity contribution >= 4 is 5.91 Å². The molecule has 24 heavy (non-hydrogen) atoms. The van der Waals surface area contributed by atoms with Crippen molar-refractivity contribution in [1.29, 1.82) is 0 Å². The molecule has 3 heterocycles.